The van der Waals surface area contributed by atoms with Crippen LogP contribution in [0.25, 0.3) is 0 Å². The first-order valence-electron chi connectivity index (χ1n) is 10.6. The minimum Gasteiger partial charge on any atom is -0.495 e. The number of halogens is 1. The third-order valence-electron chi connectivity index (χ3n) is 5.73. The number of aromatic nitrogens is 1. The molecule has 168 valence electrons. The lowest BCUT2D eigenvalue weighted by molar-refractivity contribution is 0.0847. The lowest BCUT2D eigenvalue weighted by atomic mass is 9.95. The number of rotatable bonds is 8. The van der Waals surface area contributed by atoms with E-state index in [1.807, 2.05) is 12.1 Å². The first-order valence-corrected chi connectivity index (χ1v) is 10.6. The number of benzene rings is 1. The highest BCUT2D eigenvalue weighted by Crippen LogP contribution is 2.21. The van der Waals surface area contributed by atoms with Crippen molar-refractivity contribution < 1.29 is 19.0 Å². The predicted octanol–water partition coefficient (Wildman–Crippen LogP) is 2.82. The Morgan fingerprint density at radius 2 is 2.00 bits per heavy atom. The molecule has 0 radical (unpaired) electrons. The van der Waals surface area contributed by atoms with Gasteiger partial charge in [0.2, 0.25) is 0 Å². The van der Waals surface area contributed by atoms with Crippen LogP contribution in [-0.4, -0.2) is 66.3 Å². The standard InChI is InChI=1S/C23H31FN4O3/c1-27(23(30)26-13-20-7-8-21(31-2)14-25-20)15-17-9-11-28(12-10-17)16-22(29)18-3-5-19(24)6-4-18/h3-8,14,17,22,29H,9-13,15-16H2,1-2H3,(H,26,30). The van der Waals surface area contributed by atoms with Gasteiger partial charge in [0.15, 0.2) is 0 Å². The van der Waals surface area contributed by atoms with Crippen molar-refractivity contribution in [2.75, 3.05) is 40.3 Å². The third-order valence-corrected chi connectivity index (χ3v) is 5.73. The average molecular weight is 431 g/mol. The second kappa shape index (κ2) is 11.1. The van der Waals surface area contributed by atoms with E-state index in [9.17, 15) is 14.3 Å². The molecule has 0 spiro atoms. The highest BCUT2D eigenvalue weighted by molar-refractivity contribution is 5.73. The van der Waals surface area contributed by atoms with Gasteiger partial charge < -0.3 is 25.0 Å². The number of aliphatic hydroxyl groups excluding tert-OH is 1. The van der Waals surface area contributed by atoms with Gasteiger partial charge in [-0.15, -0.1) is 0 Å². The van der Waals surface area contributed by atoms with Crippen LogP contribution in [0.3, 0.4) is 0 Å². The number of nitrogens with zero attached hydrogens (tertiary/aromatic N) is 3. The number of piperidine rings is 1. The van der Waals surface area contributed by atoms with Crippen LogP contribution in [-0.2, 0) is 6.54 Å². The summed E-state index contributed by atoms with van der Waals surface area (Å²) >= 11 is 0. The maximum absolute atomic E-state index is 13.0. The number of likely N-dealkylation sites (tertiary alicyclic amines) is 1. The molecule has 2 N–H and O–H groups in total. The average Bonchev–Trinajstić information content (AvgIpc) is 2.79. The van der Waals surface area contributed by atoms with Gasteiger partial charge in [0.25, 0.3) is 0 Å². The second-order valence-corrected chi connectivity index (χ2v) is 8.04. The van der Waals surface area contributed by atoms with Crippen LogP contribution in [0.4, 0.5) is 9.18 Å². The molecule has 0 bridgehead atoms. The number of ether oxygens (including phenoxy) is 1. The highest BCUT2D eigenvalue weighted by atomic mass is 19.1. The summed E-state index contributed by atoms with van der Waals surface area (Å²) in [7, 11) is 3.40. The molecule has 1 unspecified atom stereocenters. The fraction of sp³-hybridized carbons (Fsp3) is 0.478. The molecule has 1 atom stereocenters. The molecule has 1 aliphatic heterocycles. The molecule has 2 aromatic rings. The van der Waals surface area contributed by atoms with Crippen LogP contribution in [0, 0.1) is 11.7 Å². The molecule has 7 nitrogen and oxygen atoms in total. The molecule has 1 aliphatic rings. The van der Waals surface area contributed by atoms with Crippen LogP contribution in [0.2, 0.25) is 0 Å². The van der Waals surface area contributed by atoms with E-state index in [2.05, 4.69) is 15.2 Å². The summed E-state index contributed by atoms with van der Waals surface area (Å²) in [5.74, 6) is 0.808. The van der Waals surface area contributed by atoms with Gasteiger partial charge in [-0.1, -0.05) is 12.1 Å². The number of carbonyl (C=O) groups excluding carboxylic acids is 1. The van der Waals surface area contributed by atoms with E-state index in [4.69, 9.17) is 4.74 Å². The van der Waals surface area contributed by atoms with E-state index >= 15 is 0 Å². The molecule has 31 heavy (non-hydrogen) atoms. The van der Waals surface area contributed by atoms with E-state index in [-0.39, 0.29) is 11.8 Å². The van der Waals surface area contributed by atoms with Crippen molar-refractivity contribution in [3.63, 3.8) is 0 Å². The second-order valence-electron chi connectivity index (χ2n) is 8.04. The summed E-state index contributed by atoms with van der Waals surface area (Å²) in [5.41, 5.74) is 1.50. The van der Waals surface area contributed by atoms with Crippen molar-refractivity contribution >= 4 is 6.03 Å². The summed E-state index contributed by atoms with van der Waals surface area (Å²) in [5, 5.41) is 13.3. The van der Waals surface area contributed by atoms with E-state index in [0.29, 0.717) is 31.3 Å². The molecule has 8 heteroatoms. The fourth-order valence-corrected chi connectivity index (χ4v) is 3.79. The Labute approximate surface area is 182 Å². The number of aliphatic hydroxyl groups is 1. The minimum absolute atomic E-state index is 0.119. The van der Waals surface area contributed by atoms with Crippen molar-refractivity contribution in [1.82, 2.24) is 20.1 Å². The maximum atomic E-state index is 13.0. The number of methoxy groups -OCH3 is 1. The van der Waals surface area contributed by atoms with Gasteiger partial charge in [-0.2, -0.15) is 0 Å². The zero-order chi connectivity index (χ0) is 22.2. The number of urea groups is 1. The molecule has 2 heterocycles. The zero-order valence-corrected chi connectivity index (χ0v) is 18.1. The van der Waals surface area contributed by atoms with Gasteiger partial charge in [0, 0.05) is 20.1 Å². The molecule has 1 fully saturated rings. The van der Waals surface area contributed by atoms with Crippen molar-refractivity contribution in [2.45, 2.75) is 25.5 Å². The summed E-state index contributed by atoms with van der Waals surface area (Å²) in [6, 6.07) is 9.52. The zero-order valence-electron chi connectivity index (χ0n) is 18.1. The summed E-state index contributed by atoms with van der Waals surface area (Å²) in [4.78, 5) is 20.6. The molecular weight excluding hydrogens is 399 g/mol. The van der Waals surface area contributed by atoms with Gasteiger partial charge in [0.05, 0.1) is 31.6 Å². The third kappa shape index (κ3) is 6.90. The quantitative estimate of drug-likeness (QED) is 0.674. The summed E-state index contributed by atoms with van der Waals surface area (Å²) < 4.78 is 18.1. The van der Waals surface area contributed by atoms with Gasteiger partial charge >= 0.3 is 6.03 Å². The first kappa shape index (κ1) is 23.0. The van der Waals surface area contributed by atoms with Crippen LogP contribution < -0.4 is 10.1 Å². The molecule has 1 aromatic heterocycles. The first-order chi connectivity index (χ1) is 14.9. The Bertz CT molecular complexity index is 824. The normalized spacial score (nSPS) is 16.0. The lowest BCUT2D eigenvalue weighted by Crippen LogP contribution is -2.43. The van der Waals surface area contributed by atoms with Crippen LogP contribution >= 0.6 is 0 Å². The Hall–Kier alpha value is -2.71. The number of β-amino-alcohol motifs (C(OH)–C–C–N with tert-alkyl or cyclic N) is 1. The van der Waals surface area contributed by atoms with Crippen molar-refractivity contribution in [1.29, 1.82) is 0 Å². The maximum Gasteiger partial charge on any atom is 0.317 e. The number of carbonyl (C=O) groups is 1. The number of nitrogens with one attached hydrogen (secondary N) is 1. The molecule has 1 aromatic carbocycles. The molecule has 0 saturated carbocycles. The van der Waals surface area contributed by atoms with Crippen LogP contribution in [0.5, 0.6) is 5.75 Å². The molecule has 1 saturated heterocycles. The number of amides is 2. The molecular formula is C23H31FN4O3. The largest absolute Gasteiger partial charge is 0.495 e. The van der Waals surface area contributed by atoms with Crippen molar-refractivity contribution in [2.24, 2.45) is 5.92 Å². The molecule has 0 aliphatic carbocycles. The predicted molar refractivity (Wildman–Crippen MR) is 116 cm³/mol. The van der Waals surface area contributed by atoms with E-state index in [1.165, 1.54) is 12.1 Å². The van der Waals surface area contributed by atoms with E-state index in [0.717, 1.165) is 37.2 Å². The summed E-state index contributed by atoms with van der Waals surface area (Å²) in [6.07, 6.45) is 2.94. The summed E-state index contributed by atoms with van der Waals surface area (Å²) in [6.45, 7) is 3.33. The van der Waals surface area contributed by atoms with Gasteiger partial charge in [-0.05, 0) is 61.7 Å². The van der Waals surface area contributed by atoms with E-state index < -0.39 is 6.10 Å². The fourth-order valence-electron chi connectivity index (χ4n) is 3.79. The topological polar surface area (TPSA) is 77.9 Å². The van der Waals surface area contributed by atoms with Crippen molar-refractivity contribution in [3.05, 3.63) is 59.7 Å². The van der Waals surface area contributed by atoms with E-state index in [1.54, 1.807) is 37.4 Å². The number of hydrogen-bond acceptors (Lipinski definition) is 5. The van der Waals surface area contributed by atoms with Crippen LogP contribution in [0.1, 0.15) is 30.2 Å². The number of pyridine rings is 1. The Kier molecular flexibility index (Phi) is 8.20. The molecule has 3 rings (SSSR count). The number of hydrogen-bond donors (Lipinski definition) is 2. The van der Waals surface area contributed by atoms with Gasteiger partial charge in [0.1, 0.15) is 11.6 Å². The van der Waals surface area contributed by atoms with Crippen LogP contribution in [0.15, 0.2) is 42.6 Å². The van der Waals surface area contributed by atoms with Gasteiger partial charge in [-0.25, -0.2) is 9.18 Å². The minimum atomic E-state index is -0.628. The smallest absolute Gasteiger partial charge is 0.317 e. The monoisotopic (exact) mass is 430 g/mol. The van der Waals surface area contributed by atoms with Gasteiger partial charge in [-0.3, -0.25) is 4.98 Å². The molecule has 2 amide bonds. The Balaban J connectivity index is 1.37. The Morgan fingerprint density at radius 3 is 2.61 bits per heavy atom. The highest BCUT2D eigenvalue weighted by Gasteiger charge is 2.23. The Morgan fingerprint density at radius 1 is 1.29 bits per heavy atom. The SMILES string of the molecule is COc1ccc(CNC(=O)N(C)CC2CCN(CC(O)c3ccc(F)cc3)CC2)nc1. The lowest BCUT2D eigenvalue weighted by Gasteiger charge is -2.34. The van der Waals surface area contributed by atoms with Crippen molar-refractivity contribution in [3.8, 4) is 5.75 Å².